The quantitative estimate of drug-likeness (QED) is 0.600. The number of hydrogen-bond acceptors (Lipinski definition) is 5. The monoisotopic (exact) mass is 316 g/mol. The lowest BCUT2D eigenvalue weighted by Crippen LogP contribution is -2.26. The van der Waals surface area contributed by atoms with Crippen molar-refractivity contribution in [1.82, 2.24) is 5.32 Å². The molecule has 0 heterocycles. The normalized spacial score (nSPS) is 10.1. The lowest BCUT2D eigenvalue weighted by Gasteiger charge is -2.08. The van der Waals surface area contributed by atoms with Crippen LogP contribution in [0.2, 0.25) is 0 Å². The topological polar surface area (TPSA) is 102 Å². The first kappa shape index (κ1) is 16.4. The molecule has 2 N–H and O–H groups in total. The van der Waals surface area contributed by atoms with E-state index in [1.54, 1.807) is 36.4 Å². The molecule has 2 aromatic rings. The molecular formula is C16H16N2O5. The Bertz CT molecular complexity index is 702. The molecule has 0 fully saturated rings. The maximum Gasteiger partial charge on any atom is 0.269 e. The van der Waals surface area contributed by atoms with Crippen LogP contribution in [0.5, 0.6) is 5.75 Å². The van der Waals surface area contributed by atoms with Crippen LogP contribution in [0.25, 0.3) is 0 Å². The molecule has 120 valence electrons. The molecule has 0 aliphatic heterocycles. The summed E-state index contributed by atoms with van der Waals surface area (Å²) in [5.41, 5.74) is 1.08. The first-order valence-electron chi connectivity index (χ1n) is 6.95. The van der Waals surface area contributed by atoms with Gasteiger partial charge in [-0.2, -0.15) is 0 Å². The molecule has 0 bridgehead atoms. The standard InChI is InChI=1S/C16H16N2O5/c19-8-7-17-16(20)13-4-2-6-15(10-13)23-11-12-3-1-5-14(9-12)18(21)22/h1-6,9-10,19H,7-8,11H2,(H,17,20). The summed E-state index contributed by atoms with van der Waals surface area (Å²) < 4.78 is 5.57. The minimum Gasteiger partial charge on any atom is -0.489 e. The van der Waals surface area contributed by atoms with E-state index in [0.29, 0.717) is 16.9 Å². The molecule has 2 rings (SSSR count). The molecule has 0 atom stereocenters. The number of nitrogens with one attached hydrogen (secondary N) is 1. The van der Waals surface area contributed by atoms with Gasteiger partial charge in [0.15, 0.2) is 0 Å². The van der Waals surface area contributed by atoms with Gasteiger partial charge in [-0.05, 0) is 23.8 Å². The summed E-state index contributed by atoms with van der Waals surface area (Å²) in [7, 11) is 0. The highest BCUT2D eigenvalue weighted by atomic mass is 16.6. The Balaban J connectivity index is 2.02. The summed E-state index contributed by atoms with van der Waals surface area (Å²) in [4.78, 5) is 22.1. The fraction of sp³-hybridized carbons (Fsp3) is 0.188. The SMILES string of the molecule is O=C(NCCO)c1cccc(OCc2cccc([N+](=O)[O-])c2)c1. The third-order valence-corrected chi connectivity index (χ3v) is 3.02. The van der Waals surface area contributed by atoms with Gasteiger partial charge in [-0.25, -0.2) is 0 Å². The van der Waals surface area contributed by atoms with Gasteiger partial charge < -0.3 is 15.2 Å². The van der Waals surface area contributed by atoms with E-state index in [2.05, 4.69) is 5.32 Å². The van der Waals surface area contributed by atoms with Crippen LogP contribution in [0.3, 0.4) is 0 Å². The first-order valence-corrected chi connectivity index (χ1v) is 6.95. The van der Waals surface area contributed by atoms with Gasteiger partial charge in [0.2, 0.25) is 0 Å². The molecule has 23 heavy (non-hydrogen) atoms. The second kappa shape index (κ2) is 7.90. The second-order valence-corrected chi connectivity index (χ2v) is 4.72. The number of nitro groups is 1. The predicted octanol–water partition coefficient (Wildman–Crippen LogP) is 1.90. The van der Waals surface area contributed by atoms with E-state index in [4.69, 9.17) is 9.84 Å². The van der Waals surface area contributed by atoms with Gasteiger partial charge in [0, 0.05) is 24.2 Å². The third kappa shape index (κ3) is 4.79. The van der Waals surface area contributed by atoms with Crippen molar-refractivity contribution in [2.24, 2.45) is 0 Å². The highest BCUT2D eigenvalue weighted by Crippen LogP contribution is 2.17. The van der Waals surface area contributed by atoms with Gasteiger partial charge in [0.05, 0.1) is 11.5 Å². The van der Waals surface area contributed by atoms with Gasteiger partial charge in [0.25, 0.3) is 11.6 Å². The molecule has 7 nitrogen and oxygen atoms in total. The summed E-state index contributed by atoms with van der Waals surface area (Å²) in [6, 6.07) is 12.8. The molecule has 0 saturated carbocycles. The molecule has 0 aromatic heterocycles. The fourth-order valence-corrected chi connectivity index (χ4v) is 1.93. The molecule has 0 saturated heterocycles. The number of nitrogens with zero attached hydrogens (tertiary/aromatic N) is 1. The summed E-state index contributed by atoms with van der Waals surface area (Å²) in [6.07, 6.45) is 0. The molecule has 1 amide bonds. The molecule has 0 aliphatic carbocycles. The molecule has 0 spiro atoms. The summed E-state index contributed by atoms with van der Waals surface area (Å²) in [5, 5.41) is 22.0. The van der Waals surface area contributed by atoms with E-state index < -0.39 is 4.92 Å². The zero-order valence-electron chi connectivity index (χ0n) is 12.3. The minimum absolute atomic E-state index is 0.00299. The average molecular weight is 316 g/mol. The number of ether oxygens (including phenoxy) is 1. The van der Waals surface area contributed by atoms with Crippen molar-refractivity contribution in [3.63, 3.8) is 0 Å². The van der Waals surface area contributed by atoms with Crippen LogP contribution < -0.4 is 10.1 Å². The number of aliphatic hydroxyl groups excluding tert-OH is 1. The van der Waals surface area contributed by atoms with Crippen molar-refractivity contribution >= 4 is 11.6 Å². The van der Waals surface area contributed by atoms with Crippen molar-refractivity contribution < 1.29 is 19.6 Å². The Morgan fingerprint density at radius 3 is 2.74 bits per heavy atom. The Morgan fingerprint density at radius 1 is 1.22 bits per heavy atom. The van der Waals surface area contributed by atoms with Crippen LogP contribution in [-0.2, 0) is 6.61 Å². The van der Waals surface area contributed by atoms with Gasteiger partial charge in [-0.15, -0.1) is 0 Å². The van der Waals surface area contributed by atoms with Crippen LogP contribution in [0.15, 0.2) is 48.5 Å². The largest absolute Gasteiger partial charge is 0.489 e. The summed E-state index contributed by atoms with van der Waals surface area (Å²) in [6.45, 7) is 0.204. The molecule has 7 heteroatoms. The van der Waals surface area contributed by atoms with Crippen molar-refractivity contribution in [3.8, 4) is 5.75 Å². The highest BCUT2D eigenvalue weighted by molar-refractivity contribution is 5.94. The second-order valence-electron chi connectivity index (χ2n) is 4.72. The van der Waals surface area contributed by atoms with E-state index in [1.807, 2.05) is 0 Å². The zero-order chi connectivity index (χ0) is 16.7. The van der Waals surface area contributed by atoms with Gasteiger partial charge in [-0.3, -0.25) is 14.9 Å². The number of non-ortho nitro benzene ring substituents is 1. The van der Waals surface area contributed by atoms with Crippen LogP contribution in [-0.4, -0.2) is 29.1 Å². The number of hydrogen-bond donors (Lipinski definition) is 2. The average Bonchev–Trinajstić information content (AvgIpc) is 2.58. The maximum atomic E-state index is 11.8. The van der Waals surface area contributed by atoms with Crippen LogP contribution in [0.1, 0.15) is 15.9 Å². The predicted molar refractivity (Wildman–Crippen MR) is 83.3 cm³/mol. The summed E-state index contributed by atoms with van der Waals surface area (Å²) >= 11 is 0. The number of nitro benzene ring substituents is 1. The Kier molecular flexibility index (Phi) is 5.65. The molecular weight excluding hydrogens is 300 g/mol. The van der Waals surface area contributed by atoms with Crippen LogP contribution >= 0.6 is 0 Å². The van der Waals surface area contributed by atoms with Gasteiger partial charge in [-0.1, -0.05) is 18.2 Å². The fourth-order valence-electron chi connectivity index (χ4n) is 1.93. The number of rotatable bonds is 7. The van der Waals surface area contributed by atoms with Crippen molar-refractivity contribution in [2.75, 3.05) is 13.2 Å². The van der Waals surface area contributed by atoms with E-state index >= 15 is 0 Å². The van der Waals surface area contributed by atoms with Crippen LogP contribution in [0, 0.1) is 10.1 Å². The Hall–Kier alpha value is -2.93. The van der Waals surface area contributed by atoms with E-state index in [-0.39, 0.29) is 31.4 Å². The van der Waals surface area contributed by atoms with Gasteiger partial charge in [0.1, 0.15) is 12.4 Å². The molecule has 0 radical (unpaired) electrons. The first-order chi connectivity index (χ1) is 11.1. The minimum atomic E-state index is -0.463. The van der Waals surface area contributed by atoms with Crippen molar-refractivity contribution in [1.29, 1.82) is 0 Å². The zero-order valence-corrected chi connectivity index (χ0v) is 12.3. The number of carbonyl (C=O) groups excluding carboxylic acids is 1. The number of aliphatic hydroxyl groups is 1. The van der Waals surface area contributed by atoms with Gasteiger partial charge >= 0.3 is 0 Å². The van der Waals surface area contributed by atoms with Crippen molar-refractivity contribution in [3.05, 3.63) is 69.8 Å². The highest BCUT2D eigenvalue weighted by Gasteiger charge is 2.08. The third-order valence-electron chi connectivity index (χ3n) is 3.02. The smallest absolute Gasteiger partial charge is 0.269 e. The lowest BCUT2D eigenvalue weighted by molar-refractivity contribution is -0.384. The molecule has 0 unspecified atom stereocenters. The number of carbonyl (C=O) groups is 1. The lowest BCUT2D eigenvalue weighted by atomic mass is 10.2. The van der Waals surface area contributed by atoms with Crippen LogP contribution in [0.4, 0.5) is 5.69 Å². The van der Waals surface area contributed by atoms with E-state index in [0.717, 1.165) is 0 Å². The van der Waals surface area contributed by atoms with Crippen molar-refractivity contribution in [2.45, 2.75) is 6.61 Å². The molecule has 2 aromatic carbocycles. The van der Waals surface area contributed by atoms with E-state index in [9.17, 15) is 14.9 Å². The maximum absolute atomic E-state index is 11.8. The van der Waals surface area contributed by atoms with E-state index in [1.165, 1.54) is 12.1 Å². The molecule has 0 aliphatic rings. The number of benzene rings is 2. The Morgan fingerprint density at radius 2 is 2.00 bits per heavy atom. The summed E-state index contributed by atoms with van der Waals surface area (Å²) in [5.74, 6) is 0.174. The Labute approximate surface area is 132 Å². The number of amides is 1.